The van der Waals surface area contributed by atoms with Gasteiger partial charge >= 0.3 is 24.3 Å². The third-order valence-electron chi connectivity index (χ3n) is 8.57. The quantitative estimate of drug-likeness (QED) is 0.0858. The predicted molar refractivity (Wildman–Crippen MR) is 193 cm³/mol. The van der Waals surface area contributed by atoms with Gasteiger partial charge in [0.15, 0.2) is 11.6 Å². The standard InChI is InChI=1S/C32H42N6O6.2C2HF3O2/c1-5-17(3)25(33)31(43)37-13-11-35-29(41)19-7-9-21-23(15-19)28(40)24-16-20(8-10-22(24)27(21)39)30(42)36-12-14-38-32(44)26(34)18(4)6-2;2*3-2(4,5)1(6)7/h7-10,15-18,25-26H,5-6,11-14,33-34H2,1-4H3,(H,35,41)(H,36,42)(H,37,43)(H,38,44);2*(H,6,7)/t17-,18-,25-,26-;;/m0../s1. The summed E-state index contributed by atoms with van der Waals surface area (Å²) in [7, 11) is 0. The minimum atomic E-state index is -5.08. The van der Waals surface area contributed by atoms with Crippen LogP contribution in [0, 0.1) is 11.8 Å². The molecule has 0 saturated carbocycles. The molecule has 22 heteroatoms. The van der Waals surface area contributed by atoms with Crippen molar-refractivity contribution in [2.75, 3.05) is 26.2 Å². The maximum Gasteiger partial charge on any atom is 0.490 e. The van der Waals surface area contributed by atoms with E-state index in [0.29, 0.717) is 0 Å². The van der Waals surface area contributed by atoms with Crippen LogP contribution in [-0.4, -0.2) is 108 Å². The number of carbonyl (C=O) groups excluding carboxylic acids is 6. The summed E-state index contributed by atoms with van der Waals surface area (Å²) < 4.78 is 63.5. The van der Waals surface area contributed by atoms with E-state index in [1.54, 1.807) is 0 Å². The minimum absolute atomic E-state index is 0.0225. The Hall–Kier alpha value is -5.90. The molecular weight excluding hydrogens is 790 g/mol. The second kappa shape index (κ2) is 22.1. The topological polar surface area (TPSA) is 277 Å². The average molecular weight is 835 g/mol. The number of carbonyl (C=O) groups is 8. The van der Waals surface area contributed by atoms with Crippen LogP contribution in [0.4, 0.5) is 26.3 Å². The summed E-state index contributed by atoms with van der Waals surface area (Å²) in [5.74, 6) is -7.91. The number of benzene rings is 2. The fourth-order valence-electron chi connectivity index (χ4n) is 4.62. The molecule has 320 valence electrons. The molecule has 4 amide bonds. The van der Waals surface area contributed by atoms with Gasteiger partial charge in [0.2, 0.25) is 11.8 Å². The number of hydrogen-bond acceptors (Lipinski definition) is 10. The van der Waals surface area contributed by atoms with Gasteiger partial charge in [-0.1, -0.05) is 40.5 Å². The molecule has 58 heavy (non-hydrogen) atoms. The summed E-state index contributed by atoms with van der Waals surface area (Å²) in [5, 5.41) is 25.0. The van der Waals surface area contributed by atoms with E-state index in [0.717, 1.165) is 12.8 Å². The first-order valence-corrected chi connectivity index (χ1v) is 17.4. The molecule has 1 aliphatic carbocycles. The highest BCUT2D eigenvalue weighted by Gasteiger charge is 2.39. The Balaban J connectivity index is 0.00000102. The Labute approximate surface area is 327 Å². The molecule has 1 aliphatic rings. The van der Waals surface area contributed by atoms with Gasteiger partial charge in [-0.05, 0) is 48.2 Å². The summed E-state index contributed by atoms with van der Waals surface area (Å²) in [4.78, 5) is 94.2. The van der Waals surface area contributed by atoms with Gasteiger partial charge in [0, 0.05) is 59.6 Å². The highest BCUT2D eigenvalue weighted by Crippen LogP contribution is 2.29. The molecular formula is C36H44F6N6O10. The number of amides is 4. The number of nitrogens with one attached hydrogen (secondary N) is 4. The van der Waals surface area contributed by atoms with Crippen molar-refractivity contribution in [2.45, 2.75) is 65.0 Å². The molecule has 0 heterocycles. The van der Waals surface area contributed by atoms with Crippen LogP contribution in [0.3, 0.4) is 0 Å². The Kier molecular flexibility index (Phi) is 19.1. The molecule has 0 spiro atoms. The molecule has 0 unspecified atom stereocenters. The van der Waals surface area contributed by atoms with Crippen molar-refractivity contribution in [2.24, 2.45) is 23.3 Å². The number of ketones is 2. The zero-order valence-electron chi connectivity index (χ0n) is 31.6. The molecule has 0 aliphatic heterocycles. The lowest BCUT2D eigenvalue weighted by atomic mass is 9.82. The number of nitrogens with two attached hydrogens (primary N) is 2. The van der Waals surface area contributed by atoms with Crippen molar-refractivity contribution in [1.29, 1.82) is 0 Å². The fourth-order valence-corrected chi connectivity index (χ4v) is 4.62. The number of hydrogen-bond donors (Lipinski definition) is 8. The lowest BCUT2D eigenvalue weighted by Gasteiger charge is -2.19. The van der Waals surface area contributed by atoms with Crippen molar-refractivity contribution in [1.82, 2.24) is 21.3 Å². The molecule has 10 N–H and O–H groups in total. The van der Waals surface area contributed by atoms with Crippen molar-refractivity contribution in [3.8, 4) is 0 Å². The van der Waals surface area contributed by atoms with Crippen molar-refractivity contribution < 1.29 is 74.9 Å². The van der Waals surface area contributed by atoms with Crippen molar-refractivity contribution >= 4 is 47.1 Å². The Morgan fingerprint density at radius 2 is 0.845 bits per heavy atom. The van der Waals surface area contributed by atoms with E-state index in [9.17, 15) is 55.1 Å². The van der Waals surface area contributed by atoms with Crippen LogP contribution in [0.15, 0.2) is 36.4 Å². The number of alkyl halides is 6. The summed E-state index contributed by atoms with van der Waals surface area (Å²) in [6.45, 7) is 8.29. The summed E-state index contributed by atoms with van der Waals surface area (Å²) in [5.41, 5.74) is 12.6. The first kappa shape index (κ1) is 50.1. The van der Waals surface area contributed by atoms with Crippen LogP contribution in [-0.2, 0) is 19.2 Å². The van der Waals surface area contributed by atoms with Gasteiger partial charge in [0.05, 0.1) is 12.1 Å². The minimum Gasteiger partial charge on any atom is -0.475 e. The molecule has 2 aromatic carbocycles. The molecule has 0 bridgehead atoms. The Morgan fingerprint density at radius 1 is 0.569 bits per heavy atom. The molecule has 4 atom stereocenters. The molecule has 0 aromatic heterocycles. The van der Waals surface area contributed by atoms with E-state index in [4.69, 9.17) is 31.3 Å². The molecule has 16 nitrogen and oxygen atoms in total. The zero-order valence-corrected chi connectivity index (χ0v) is 31.6. The summed E-state index contributed by atoms with van der Waals surface area (Å²) in [6, 6.07) is 7.21. The van der Waals surface area contributed by atoms with Crippen LogP contribution >= 0.6 is 0 Å². The molecule has 2 aromatic rings. The van der Waals surface area contributed by atoms with E-state index in [-0.39, 0.29) is 83.2 Å². The Bertz CT molecular complexity index is 1730. The van der Waals surface area contributed by atoms with E-state index in [1.807, 2.05) is 27.7 Å². The second-order valence-electron chi connectivity index (χ2n) is 12.7. The first-order valence-electron chi connectivity index (χ1n) is 17.4. The SMILES string of the molecule is CC[C@H](C)[C@H](N)C(=O)NCCNC(=O)c1ccc2c(c1)C(=O)c1cc(C(=O)NCCNC(=O)[C@@H](N)[C@@H](C)CC)ccc1C2=O.O=C(O)C(F)(F)F.O=C(O)C(F)(F)F. The third-order valence-corrected chi connectivity index (χ3v) is 8.57. The average Bonchev–Trinajstić information content (AvgIpc) is 3.17. The van der Waals surface area contributed by atoms with E-state index < -0.39 is 59.8 Å². The number of halogens is 6. The summed E-state index contributed by atoms with van der Waals surface area (Å²) in [6.07, 6.45) is -8.64. The van der Waals surface area contributed by atoms with Crippen LogP contribution in [0.25, 0.3) is 0 Å². The van der Waals surface area contributed by atoms with Gasteiger partial charge in [0.1, 0.15) is 0 Å². The van der Waals surface area contributed by atoms with E-state index >= 15 is 0 Å². The van der Waals surface area contributed by atoms with Gasteiger partial charge in [0.25, 0.3) is 11.8 Å². The van der Waals surface area contributed by atoms with Crippen LogP contribution in [0.5, 0.6) is 0 Å². The van der Waals surface area contributed by atoms with E-state index in [1.165, 1.54) is 36.4 Å². The highest BCUT2D eigenvalue weighted by atomic mass is 19.4. The molecule has 0 radical (unpaired) electrons. The van der Waals surface area contributed by atoms with Gasteiger partial charge in [-0.2, -0.15) is 26.3 Å². The highest BCUT2D eigenvalue weighted by molar-refractivity contribution is 6.29. The van der Waals surface area contributed by atoms with Gasteiger partial charge in [-0.15, -0.1) is 0 Å². The van der Waals surface area contributed by atoms with Crippen LogP contribution < -0.4 is 32.7 Å². The zero-order chi connectivity index (χ0) is 44.7. The monoisotopic (exact) mass is 834 g/mol. The van der Waals surface area contributed by atoms with Crippen LogP contribution in [0.1, 0.15) is 93.1 Å². The third kappa shape index (κ3) is 14.9. The first-order chi connectivity index (χ1) is 26.8. The fraction of sp³-hybridized carbons (Fsp3) is 0.444. The lowest BCUT2D eigenvalue weighted by Crippen LogP contribution is -2.46. The summed E-state index contributed by atoms with van der Waals surface area (Å²) >= 11 is 0. The normalized spacial score (nSPS) is 13.9. The molecule has 3 rings (SSSR count). The smallest absolute Gasteiger partial charge is 0.475 e. The van der Waals surface area contributed by atoms with Crippen molar-refractivity contribution in [3.63, 3.8) is 0 Å². The van der Waals surface area contributed by atoms with Gasteiger partial charge in [-0.25, -0.2) is 9.59 Å². The number of carboxylic acid groups (broad SMARTS) is 2. The second-order valence-corrected chi connectivity index (χ2v) is 12.7. The Morgan fingerprint density at radius 3 is 1.12 bits per heavy atom. The maximum absolute atomic E-state index is 13.4. The van der Waals surface area contributed by atoms with Crippen molar-refractivity contribution in [3.05, 3.63) is 69.8 Å². The molecule has 0 saturated heterocycles. The predicted octanol–water partition coefficient (Wildman–Crippen LogP) is 2.17. The maximum atomic E-state index is 13.4. The number of aliphatic carboxylic acids is 2. The number of carboxylic acids is 2. The van der Waals surface area contributed by atoms with Gasteiger partial charge < -0.3 is 42.9 Å². The van der Waals surface area contributed by atoms with Gasteiger partial charge in [-0.3, -0.25) is 28.8 Å². The number of rotatable bonds is 14. The van der Waals surface area contributed by atoms with E-state index in [2.05, 4.69) is 21.3 Å². The van der Waals surface area contributed by atoms with Crippen LogP contribution in [0.2, 0.25) is 0 Å². The largest absolute Gasteiger partial charge is 0.490 e. The lowest BCUT2D eigenvalue weighted by molar-refractivity contribution is -0.193. The number of fused-ring (bicyclic) bond motifs is 2. The molecule has 0 fully saturated rings.